The Labute approximate surface area is 80.8 Å². The molecule has 2 rings (SSSR count). The molecule has 2 fully saturated rings. The molecule has 0 radical (unpaired) electrons. The second-order valence-electron chi connectivity index (χ2n) is 4.58. The summed E-state index contributed by atoms with van der Waals surface area (Å²) in [5, 5.41) is 0. The van der Waals surface area contributed by atoms with Gasteiger partial charge in [0.1, 0.15) is 0 Å². The Hall–Kier alpha value is -0.340. The summed E-state index contributed by atoms with van der Waals surface area (Å²) in [5.74, 6) is 0. The van der Waals surface area contributed by atoms with Gasteiger partial charge in [0.2, 0.25) is 0 Å². The zero-order valence-corrected chi connectivity index (χ0v) is 8.34. The summed E-state index contributed by atoms with van der Waals surface area (Å²) in [6.45, 7) is 4.46. The fraction of sp³-hybridized carbons (Fsp3) is 0.818. The first-order chi connectivity index (χ1) is 6.35. The van der Waals surface area contributed by atoms with Crippen molar-refractivity contribution in [2.75, 3.05) is 26.2 Å². The zero-order chi connectivity index (χ0) is 9.15. The first kappa shape index (κ1) is 9.22. The zero-order valence-electron chi connectivity index (χ0n) is 8.34. The van der Waals surface area contributed by atoms with Gasteiger partial charge in [-0.1, -0.05) is 25.0 Å². The van der Waals surface area contributed by atoms with E-state index in [1.807, 2.05) is 0 Å². The summed E-state index contributed by atoms with van der Waals surface area (Å²) >= 11 is 0. The summed E-state index contributed by atoms with van der Waals surface area (Å²) in [6, 6.07) is 0. The van der Waals surface area contributed by atoms with Crippen molar-refractivity contribution in [3.63, 3.8) is 0 Å². The summed E-state index contributed by atoms with van der Waals surface area (Å²) in [4.78, 5) is 2.53. The summed E-state index contributed by atoms with van der Waals surface area (Å²) in [6.07, 6.45) is 10.1. The third kappa shape index (κ3) is 1.94. The van der Waals surface area contributed by atoms with Gasteiger partial charge in [0.15, 0.2) is 0 Å². The molecule has 1 saturated carbocycles. The van der Waals surface area contributed by atoms with Crippen LogP contribution in [-0.4, -0.2) is 31.1 Å². The molecule has 0 aromatic heterocycles. The Bertz CT molecular complexity index is 184. The Morgan fingerprint density at radius 3 is 2.46 bits per heavy atom. The first-order valence-electron chi connectivity index (χ1n) is 5.42. The van der Waals surface area contributed by atoms with Gasteiger partial charge in [-0.2, -0.15) is 0 Å². The highest BCUT2D eigenvalue weighted by molar-refractivity contribution is 5.00. The molecule has 1 aliphatic carbocycles. The number of nitrogens with two attached hydrogens (primary N) is 1. The van der Waals surface area contributed by atoms with Crippen molar-refractivity contribution in [1.29, 1.82) is 0 Å². The maximum atomic E-state index is 5.38. The van der Waals surface area contributed by atoms with E-state index in [9.17, 15) is 0 Å². The second kappa shape index (κ2) is 3.81. The Kier molecular flexibility index (Phi) is 2.70. The van der Waals surface area contributed by atoms with Crippen molar-refractivity contribution in [3.05, 3.63) is 12.2 Å². The average Bonchev–Trinajstić information content (AvgIpc) is 2.52. The molecule has 74 valence electrons. The highest BCUT2D eigenvalue weighted by Gasteiger charge is 2.43. The molecular formula is C11H20N2. The van der Waals surface area contributed by atoms with E-state index in [0.717, 1.165) is 12.0 Å². The number of nitrogens with zero attached hydrogens (tertiary/aromatic N) is 1. The molecule has 2 heteroatoms. The lowest BCUT2D eigenvalue weighted by Crippen LogP contribution is -2.54. The highest BCUT2D eigenvalue weighted by atomic mass is 15.2. The topological polar surface area (TPSA) is 29.3 Å². The highest BCUT2D eigenvalue weighted by Crippen LogP contribution is 2.45. The van der Waals surface area contributed by atoms with Crippen molar-refractivity contribution < 1.29 is 0 Å². The van der Waals surface area contributed by atoms with Crippen LogP contribution in [0.2, 0.25) is 0 Å². The van der Waals surface area contributed by atoms with E-state index in [4.69, 9.17) is 5.73 Å². The van der Waals surface area contributed by atoms with Gasteiger partial charge in [-0.15, -0.1) is 0 Å². The van der Waals surface area contributed by atoms with Gasteiger partial charge in [0.25, 0.3) is 0 Å². The van der Waals surface area contributed by atoms with E-state index in [1.54, 1.807) is 0 Å². The molecule has 1 spiro atoms. The van der Waals surface area contributed by atoms with E-state index in [0.29, 0.717) is 6.54 Å². The van der Waals surface area contributed by atoms with E-state index in [-0.39, 0.29) is 0 Å². The monoisotopic (exact) mass is 180 g/mol. The molecule has 1 saturated heterocycles. The second-order valence-corrected chi connectivity index (χ2v) is 4.58. The van der Waals surface area contributed by atoms with E-state index < -0.39 is 0 Å². The van der Waals surface area contributed by atoms with Crippen LogP contribution in [0.1, 0.15) is 25.7 Å². The van der Waals surface area contributed by atoms with Gasteiger partial charge in [0, 0.05) is 26.2 Å². The first-order valence-corrected chi connectivity index (χ1v) is 5.42. The maximum Gasteiger partial charge on any atom is 0.0164 e. The molecule has 0 unspecified atom stereocenters. The molecule has 1 heterocycles. The summed E-state index contributed by atoms with van der Waals surface area (Å²) in [5.41, 5.74) is 6.13. The third-order valence-corrected chi connectivity index (χ3v) is 3.45. The van der Waals surface area contributed by atoms with Gasteiger partial charge in [-0.3, -0.25) is 4.90 Å². The van der Waals surface area contributed by atoms with Crippen molar-refractivity contribution in [2.24, 2.45) is 11.1 Å². The fourth-order valence-electron chi connectivity index (χ4n) is 2.79. The predicted molar refractivity (Wildman–Crippen MR) is 55.5 cm³/mol. The van der Waals surface area contributed by atoms with Gasteiger partial charge >= 0.3 is 0 Å². The van der Waals surface area contributed by atoms with Gasteiger partial charge < -0.3 is 5.73 Å². The lowest BCUT2D eigenvalue weighted by atomic mass is 9.78. The van der Waals surface area contributed by atoms with E-state index in [2.05, 4.69) is 17.1 Å². The van der Waals surface area contributed by atoms with Crippen LogP contribution in [0, 0.1) is 5.41 Å². The molecule has 1 aliphatic heterocycles. The lowest BCUT2D eigenvalue weighted by molar-refractivity contribution is 0.0160. The molecule has 0 aromatic rings. The minimum absolute atomic E-state index is 0.680. The average molecular weight is 180 g/mol. The molecule has 2 nitrogen and oxygen atoms in total. The number of likely N-dealkylation sites (tertiary alicyclic amines) is 1. The summed E-state index contributed by atoms with van der Waals surface area (Å²) < 4.78 is 0. The predicted octanol–water partition coefficient (Wildman–Crippen LogP) is 1.38. The molecule has 2 aliphatic rings. The number of hydrogen-bond acceptors (Lipinski definition) is 2. The lowest BCUT2D eigenvalue weighted by Gasteiger charge is -2.48. The largest absolute Gasteiger partial charge is 0.327 e. The van der Waals surface area contributed by atoms with Gasteiger partial charge in [-0.05, 0) is 18.3 Å². The third-order valence-electron chi connectivity index (χ3n) is 3.45. The SMILES string of the molecule is NC/C=C/CN1CC2(CCCC2)C1. The van der Waals surface area contributed by atoms with Crippen LogP contribution in [0.25, 0.3) is 0 Å². The smallest absolute Gasteiger partial charge is 0.0164 e. The van der Waals surface area contributed by atoms with Crippen LogP contribution in [0.3, 0.4) is 0 Å². The standard InChI is InChI=1S/C11H20N2/c12-7-3-4-8-13-9-11(10-13)5-1-2-6-11/h3-4H,1-2,5-10,12H2/b4-3+. The Morgan fingerprint density at radius 1 is 1.15 bits per heavy atom. The number of hydrogen-bond donors (Lipinski definition) is 1. The van der Waals surface area contributed by atoms with E-state index in [1.165, 1.54) is 38.8 Å². The molecule has 0 atom stereocenters. The minimum atomic E-state index is 0.680. The fourth-order valence-corrected chi connectivity index (χ4v) is 2.79. The Balaban J connectivity index is 1.69. The molecule has 0 aromatic carbocycles. The molecular weight excluding hydrogens is 160 g/mol. The van der Waals surface area contributed by atoms with Crippen molar-refractivity contribution in [1.82, 2.24) is 4.90 Å². The molecule has 2 N–H and O–H groups in total. The van der Waals surface area contributed by atoms with Crippen molar-refractivity contribution in [2.45, 2.75) is 25.7 Å². The van der Waals surface area contributed by atoms with Crippen LogP contribution >= 0.6 is 0 Å². The molecule has 0 amide bonds. The van der Waals surface area contributed by atoms with Gasteiger partial charge in [-0.25, -0.2) is 0 Å². The van der Waals surface area contributed by atoms with Crippen LogP contribution in [-0.2, 0) is 0 Å². The van der Waals surface area contributed by atoms with Crippen LogP contribution in [0.15, 0.2) is 12.2 Å². The number of rotatable bonds is 3. The normalized spacial score (nSPS) is 27.2. The van der Waals surface area contributed by atoms with Crippen LogP contribution < -0.4 is 5.73 Å². The molecule has 13 heavy (non-hydrogen) atoms. The van der Waals surface area contributed by atoms with Gasteiger partial charge in [0.05, 0.1) is 0 Å². The Morgan fingerprint density at radius 2 is 1.85 bits per heavy atom. The van der Waals surface area contributed by atoms with Crippen molar-refractivity contribution >= 4 is 0 Å². The minimum Gasteiger partial charge on any atom is -0.327 e. The maximum absolute atomic E-state index is 5.38. The van der Waals surface area contributed by atoms with Crippen LogP contribution in [0.4, 0.5) is 0 Å². The van der Waals surface area contributed by atoms with Crippen LogP contribution in [0.5, 0.6) is 0 Å². The van der Waals surface area contributed by atoms with E-state index >= 15 is 0 Å². The quantitative estimate of drug-likeness (QED) is 0.665. The molecule has 0 bridgehead atoms. The van der Waals surface area contributed by atoms with Crippen molar-refractivity contribution in [3.8, 4) is 0 Å². The summed E-state index contributed by atoms with van der Waals surface area (Å²) in [7, 11) is 0.